The van der Waals surface area contributed by atoms with Gasteiger partial charge in [0.05, 0.1) is 22.8 Å². The van der Waals surface area contributed by atoms with Gasteiger partial charge in [-0.3, -0.25) is 0 Å². The number of phenols is 1. The van der Waals surface area contributed by atoms with Gasteiger partial charge in [-0.2, -0.15) is 0 Å². The maximum Gasteiger partial charge on any atom is 0.152 e. The van der Waals surface area contributed by atoms with Gasteiger partial charge in [-0.1, -0.05) is 23.2 Å². The van der Waals surface area contributed by atoms with Crippen molar-refractivity contribution in [1.29, 1.82) is 0 Å². The first kappa shape index (κ1) is 12.4. The highest BCUT2D eigenvalue weighted by atomic mass is 35.5. The van der Waals surface area contributed by atoms with Crippen molar-refractivity contribution in [2.45, 2.75) is 6.10 Å². The molecule has 4 nitrogen and oxygen atoms in total. The summed E-state index contributed by atoms with van der Waals surface area (Å²) in [7, 11) is 0. The third-order valence-corrected chi connectivity index (χ3v) is 2.35. The molecule has 0 radical (unpaired) electrons. The number of aliphatic hydroxyl groups is 2. The molecule has 1 unspecified atom stereocenters. The highest BCUT2D eigenvalue weighted by Crippen LogP contribution is 2.34. The minimum Gasteiger partial charge on any atom is -0.505 e. The summed E-state index contributed by atoms with van der Waals surface area (Å²) >= 11 is 11.4. The number of benzene rings is 1. The van der Waals surface area contributed by atoms with E-state index >= 15 is 0 Å². The summed E-state index contributed by atoms with van der Waals surface area (Å²) in [5.74, 6) is -0.174. The number of anilines is 1. The molecule has 4 N–H and O–H groups in total. The van der Waals surface area contributed by atoms with Crippen LogP contribution in [0.1, 0.15) is 0 Å². The van der Waals surface area contributed by atoms with Crippen molar-refractivity contribution >= 4 is 28.9 Å². The first-order valence-corrected chi connectivity index (χ1v) is 5.01. The van der Waals surface area contributed by atoms with E-state index in [0.717, 1.165) is 0 Å². The number of aliphatic hydroxyl groups excluding tert-OH is 2. The average molecular weight is 252 g/mol. The van der Waals surface area contributed by atoms with E-state index in [9.17, 15) is 5.11 Å². The highest BCUT2D eigenvalue weighted by molar-refractivity contribution is 6.37. The largest absolute Gasteiger partial charge is 0.505 e. The van der Waals surface area contributed by atoms with E-state index in [1.165, 1.54) is 12.1 Å². The Kier molecular flexibility index (Phi) is 4.47. The molecule has 0 fully saturated rings. The zero-order valence-corrected chi connectivity index (χ0v) is 9.26. The summed E-state index contributed by atoms with van der Waals surface area (Å²) in [6.45, 7) is -0.152. The first-order valence-electron chi connectivity index (χ1n) is 4.25. The van der Waals surface area contributed by atoms with E-state index in [2.05, 4.69) is 5.32 Å². The summed E-state index contributed by atoms with van der Waals surface area (Å²) in [5, 5.41) is 30.0. The topological polar surface area (TPSA) is 72.7 Å². The molecule has 0 bridgehead atoms. The van der Waals surface area contributed by atoms with E-state index in [-0.39, 0.29) is 28.9 Å². The molecule has 84 valence electrons. The molecule has 1 rings (SSSR count). The number of nitrogens with one attached hydrogen (secondary N) is 1. The fourth-order valence-corrected chi connectivity index (χ4v) is 1.45. The van der Waals surface area contributed by atoms with Gasteiger partial charge in [-0.05, 0) is 12.1 Å². The van der Waals surface area contributed by atoms with Crippen LogP contribution in [-0.2, 0) is 0 Å². The van der Waals surface area contributed by atoms with Crippen molar-refractivity contribution in [1.82, 2.24) is 0 Å². The lowest BCUT2D eigenvalue weighted by Crippen LogP contribution is -2.22. The van der Waals surface area contributed by atoms with Gasteiger partial charge < -0.3 is 20.6 Å². The van der Waals surface area contributed by atoms with Gasteiger partial charge in [0.2, 0.25) is 0 Å². The van der Waals surface area contributed by atoms with Gasteiger partial charge in [0.15, 0.2) is 5.75 Å². The van der Waals surface area contributed by atoms with Crippen molar-refractivity contribution in [2.24, 2.45) is 0 Å². The maximum absolute atomic E-state index is 9.27. The molecule has 0 aliphatic rings. The summed E-state index contributed by atoms with van der Waals surface area (Å²) in [4.78, 5) is 0. The predicted octanol–water partition coefficient (Wildman–Crippen LogP) is 1.46. The number of phenolic OH excluding ortho intramolecular Hbond substituents is 1. The fraction of sp³-hybridized carbons (Fsp3) is 0.333. The normalized spacial score (nSPS) is 12.5. The molecule has 0 aliphatic carbocycles. The van der Waals surface area contributed by atoms with Crippen LogP contribution in [0.25, 0.3) is 0 Å². The number of aromatic hydroxyl groups is 1. The molecular weight excluding hydrogens is 241 g/mol. The molecule has 0 heterocycles. The lowest BCUT2D eigenvalue weighted by atomic mass is 10.3. The Balaban J connectivity index is 2.70. The van der Waals surface area contributed by atoms with Gasteiger partial charge in [0, 0.05) is 12.2 Å². The Morgan fingerprint density at radius 1 is 1.27 bits per heavy atom. The number of hydrogen-bond acceptors (Lipinski definition) is 4. The number of rotatable bonds is 4. The lowest BCUT2D eigenvalue weighted by molar-refractivity contribution is 0.105. The lowest BCUT2D eigenvalue weighted by Gasteiger charge is -2.11. The minimum atomic E-state index is -0.851. The Morgan fingerprint density at radius 3 is 2.27 bits per heavy atom. The van der Waals surface area contributed by atoms with Gasteiger partial charge >= 0.3 is 0 Å². The molecule has 0 spiro atoms. The van der Waals surface area contributed by atoms with Crippen LogP contribution in [0.5, 0.6) is 5.75 Å². The van der Waals surface area contributed by atoms with Crippen LogP contribution in [0.15, 0.2) is 12.1 Å². The van der Waals surface area contributed by atoms with Crippen LogP contribution in [0, 0.1) is 0 Å². The highest BCUT2D eigenvalue weighted by Gasteiger charge is 2.07. The molecular formula is C9H11Cl2NO3. The predicted molar refractivity (Wildman–Crippen MR) is 59.7 cm³/mol. The van der Waals surface area contributed by atoms with Crippen LogP contribution in [0.4, 0.5) is 5.69 Å². The third-order valence-electron chi connectivity index (χ3n) is 1.77. The van der Waals surface area contributed by atoms with E-state index < -0.39 is 6.10 Å². The minimum absolute atomic E-state index is 0.128. The molecule has 0 aliphatic heterocycles. The van der Waals surface area contributed by atoms with Crippen molar-refractivity contribution < 1.29 is 15.3 Å². The third kappa shape index (κ3) is 3.43. The second kappa shape index (κ2) is 5.42. The van der Waals surface area contributed by atoms with Crippen molar-refractivity contribution in [2.75, 3.05) is 18.5 Å². The summed E-state index contributed by atoms with van der Waals surface area (Å²) < 4.78 is 0. The second-order valence-corrected chi connectivity index (χ2v) is 3.82. The first-order chi connectivity index (χ1) is 7.04. The zero-order valence-electron chi connectivity index (χ0n) is 7.74. The molecule has 0 saturated heterocycles. The zero-order chi connectivity index (χ0) is 11.4. The average Bonchev–Trinajstić information content (AvgIpc) is 2.22. The fourth-order valence-electron chi connectivity index (χ4n) is 0.968. The Labute approximate surface area is 97.1 Å². The number of halogens is 2. The van der Waals surface area contributed by atoms with Gasteiger partial charge in [0.1, 0.15) is 0 Å². The Bertz CT molecular complexity index is 323. The van der Waals surface area contributed by atoms with Gasteiger partial charge in [-0.25, -0.2) is 0 Å². The van der Waals surface area contributed by atoms with E-state index in [0.29, 0.717) is 5.69 Å². The molecule has 0 saturated carbocycles. The molecule has 0 amide bonds. The molecule has 1 aromatic carbocycles. The van der Waals surface area contributed by atoms with Crippen molar-refractivity contribution in [3.05, 3.63) is 22.2 Å². The van der Waals surface area contributed by atoms with Crippen LogP contribution < -0.4 is 5.32 Å². The van der Waals surface area contributed by atoms with Gasteiger partial charge in [-0.15, -0.1) is 0 Å². The standard InChI is InChI=1S/C9H11Cl2NO3/c10-7-1-5(2-8(11)9(7)15)12-3-6(14)4-13/h1-2,6,12-15H,3-4H2. The molecule has 1 aromatic rings. The Hall–Kier alpha value is -0.680. The van der Waals surface area contributed by atoms with Crippen molar-refractivity contribution in [3.8, 4) is 5.75 Å². The molecule has 15 heavy (non-hydrogen) atoms. The SMILES string of the molecule is OCC(O)CNc1cc(Cl)c(O)c(Cl)c1. The quantitative estimate of drug-likeness (QED) is 0.612. The molecule has 6 heteroatoms. The van der Waals surface area contributed by atoms with Crippen LogP contribution >= 0.6 is 23.2 Å². The maximum atomic E-state index is 9.27. The summed E-state index contributed by atoms with van der Waals surface area (Å²) in [6, 6.07) is 2.96. The van der Waals surface area contributed by atoms with Crippen LogP contribution in [0.3, 0.4) is 0 Å². The smallest absolute Gasteiger partial charge is 0.152 e. The summed E-state index contributed by atoms with van der Waals surface area (Å²) in [5.41, 5.74) is 0.565. The van der Waals surface area contributed by atoms with Crippen LogP contribution in [-0.4, -0.2) is 34.6 Å². The summed E-state index contributed by atoms with van der Waals surface area (Å²) in [6.07, 6.45) is -0.851. The molecule has 1 atom stereocenters. The van der Waals surface area contributed by atoms with E-state index in [1.54, 1.807) is 0 Å². The van der Waals surface area contributed by atoms with E-state index in [1.807, 2.05) is 0 Å². The molecule has 0 aromatic heterocycles. The second-order valence-electron chi connectivity index (χ2n) is 3.01. The van der Waals surface area contributed by atoms with E-state index in [4.69, 9.17) is 33.4 Å². The number of hydrogen-bond donors (Lipinski definition) is 4. The Morgan fingerprint density at radius 2 is 1.80 bits per heavy atom. The monoisotopic (exact) mass is 251 g/mol. The van der Waals surface area contributed by atoms with Crippen LogP contribution in [0.2, 0.25) is 10.0 Å². The van der Waals surface area contributed by atoms with Crippen molar-refractivity contribution in [3.63, 3.8) is 0 Å². The van der Waals surface area contributed by atoms with Gasteiger partial charge in [0.25, 0.3) is 0 Å².